The molecule has 1 aromatic heterocycles. The Labute approximate surface area is 147 Å². The molecule has 1 heterocycles. The van der Waals surface area contributed by atoms with E-state index < -0.39 is 17.3 Å². The lowest BCUT2D eigenvalue weighted by molar-refractivity contribution is -0.123. The molecule has 132 valence electrons. The SMILES string of the molecule is C/C(=N/NC(=O)COc1cccc(F)c1)c1cc2ccccc2oc1=O. The number of ether oxygens (including phenoxy) is 1. The molecule has 0 saturated carbocycles. The van der Waals surface area contributed by atoms with Gasteiger partial charge in [0.1, 0.15) is 17.1 Å². The van der Waals surface area contributed by atoms with E-state index in [-0.39, 0.29) is 17.9 Å². The van der Waals surface area contributed by atoms with Crippen molar-refractivity contribution in [1.82, 2.24) is 5.43 Å². The van der Waals surface area contributed by atoms with Crippen LogP contribution in [0.1, 0.15) is 12.5 Å². The number of para-hydroxylation sites is 1. The molecule has 7 heteroatoms. The van der Waals surface area contributed by atoms with E-state index in [2.05, 4.69) is 10.5 Å². The van der Waals surface area contributed by atoms with E-state index in [1.54, 1.807) is 31.2 Å². The van der Waals surface area contributed by atoms with Gasteiger partial charge >= 0.3 is 5.63 Å². The Morgan fingerprint density at radius 2 is 2.00 bits per heavy atom. The molecule has 0 fully saturated rings. The van der Waals surface area contributed by atoms with E-state index >= 15 is 0 Å². The smallest absolute Gasteiger partial charge is 0.345 e. The van der Waals surface area contributed by atoms with Crippen LogP contribution < -0.4 is 15.8 Å². The second-order valence-electron chi connectivity index (χ2n) is 5.46. The maximum Gasteiger partial charge on any atom is 0.345 e. The molecule has 0 radical (unpaired) electrons. The van der Waals surface area contributed by atoms with Crippen LogP contribution in [0.2, 0.25) is 0 Å². The van der Waals surface area contributed by atoms with E-state index in [4.69, 9.17) is 9.15 Å². The molecule has 2 aromatic carbocycles. The molecule has 0 spiro atoms. The van der Waals surface area contributed by atoms with Crippen LogP contribution in [0.15, 0.2) is 68.9 Å². The van der Waals surface area contributed by atoms with E-state index in [1.807, 2.05) is 6.07 Å². The lowest BCUT2D eigenvalue weighted by Gasteiger charge is -2.06. The quantitative estimate of drug-likeness (QED) is 0.434. The van der Waals surface area contributed by atoms with E-state index in [0.29, 0.717) is 11.3 Å². The number of benzene rings is 2. The number of carbonyl (C=O) groups excluding carboxylic acids is 1. The first-order valence-electron chi connectivity index (χ1n) is 7.78. The van der Waals surface area contributed by atoms with Crippen molar-refractivity contribution >= 4 is 22.6 Å². The van der Waals surface area contributed by atoms with E-state index in [1.165, 1.54) is 24.3 Å². The van der Waals surface area contributed by atoms with Gasteiger partial charge in [-0.1, -0.05) is 24.3 Å². The molecule has 0 atom stereocenters. The van der Waals surface area contributed by atoms with Crippen LogP contribution in [0.3, 0.4) is 0 Å². The minimum atomic E-state index is -0.546. The lowest BCUT2D eigenvalue weighted by Crippen LogP contribution is -2.26. The van der Waals surface area contributed by atoms with Gasteiger partial charge in [-0.2, -0.15) is 5.10 Å². The minimum absolute atomic E-state index is 0.232. The fourth-order valence-electron chi connectivity index (χ4n) is 2.26. The molecule has 0 aliphatic heterocycles. The molecule has 0 aliphatic rings. The fraction of sp³-hybridized carbons (Fsp3) is 0.105. The Balaban J connectivity index is 1.67. The van der Waals surface area contributed by atoms with Crippen LogP contribution in [-0.4, -0.2) is 18.2 Å². The highest BCUT2D eigenvalue weighted by molar-refractivity contribution is 6.00. The summed E-state index contributed by atoms with van der Waals surface area (Å²) in [6, 6.07) is 14.2. The van der Waals surface area contributed by atoms with Gasteiger partial charge in [0.25, 0.3) is 5.91 Å². The van der Waals surface area contributed by atoms with Gasteiger partial charge < -0.3 is 9.15 Å². The maximum atomic E-state index is 13.0. The molecule has 0 unspecified atom stereocenters. The molecule has 26 heavy (non-hydrogen) atoms. The number of amides is 1. The number of hydrazone groups is 1. The van der Waals surface area contributed by atoms with E-state index in [9.17, 15) is 14.0 Å². The van der Waals surface area contributed by atoms with E-state index in [0.717, 1.165) is 5.39 Å². The minimum Gasteiger partial charge on any atom is -0.484 e. The Morgan fingerprint density at radius 1 is 1.19 bits per heavy atom. The zero-order valence-corrected chi connectivity index (χ0v) is 13.9. The monoisotopic (exact) mass is 354 g/mol. The first kappa shape index (κ1) is 17.3. The first-order chi connectivity index (χ1) is 12.5. The Morgan fingerprint density at radius 3 is 2.81 bits per heavy atom. The van der Waals surface area contributed by atoms with Crippen LogP contribution >= 0.6 is 0 Å². The topological polar surface area (TPSA) is 80.9 Å². The van der Waals surface area contributed by atoms with Crippen LogP contribution in [-0.2, 0) is 4.79 Å². The zero-order valence-electron chi connectivity index (χ0n) is 13.9. The number of halogens is 1. The maximum absolute atomic E-state index is 13.0. The van der Waals surface area contributed by atoms with Gasteiger partial charge in [0.05, 0.1) is 11.3 Å². The van der Waals surface area contributed by atoms with Crippen LogP contribution in [0.4, 0.5) is 4.39 Å². The van der Waals surface area contributed by atoms with Crippen LogP contribution in [0.5, 0.6) is 5.75 Å². The number of nitrogens with one attached hydrogen (secondary N) is 1. The van der Waals surface area contributed by atoms with Crippen molar-refractivity contribution in [2.24, 2.45) is 5.10 Å². The van der Waals surface area contributed by atoms with Crippen molar-refractivity contribution in [2.45, 2.75) is 6.92 Å². The summed E-state index contributed by atoms with van der Waals surface area (Å²) in [7, 11) is 0. The number of fused-ring (bicyclic) bond motifs is 1. The highest BCUT2D eigenvalue weighted by Gasteiger charge is 2.09. The molecule has 3 rings (SSSR count). The highest BCUT2D eigenvalue weighted by Crippen LogP contribution is 2.13. The Kier molecular flexibility index (Phi) is 5.07. The second kappa shape index (κ2) is 7.60. The third-order valence-electron chi connectivity index (χ3n) is 3.55. The summed E-state index contributed by atoms with van der Waals surface area (Å²) in [5.74, 6) is -0.769. The predicted octanol–water partition coefficient (Wildman–Crippen LogP) is 2.85. The van der Waals surface area contributed by atoms with Crippen molar-refractivity contribution in [3.8, 4) is 5.75 Å². The standard InChI is InChI=1S/C19H15FN2O4/c1-12(16-9-13-5-2-3-8-17(13)26-19(16)24)21-22-18(23)11-25-15-7-4-6-14(20)10-15/h2-10H,11H2,1H3,(H,22,23)/b21-12-. The van der Waals surface area contributed by atoms with Crippen molar-refractivity contribution in [3.63, 3.8) is 0 Å². The highest BCUT2D eigenvalue weighted by atomic mass is 19.1. The third-order valence-corrected chi connectivity index (χ3v) is 3.55. The Bertz CT molecular complexity index is 1040. The number of rotatable bonds is 5. The molecular weight excluding hydrogens is 339 g/mol. The normalized spacial score (nSPS) is 11.4. The third kappa shape index (κ3) is 4.13. The van der Waals surface area contributed by atoms with Crippen molar-refractivity contribution in [3.05, 3.63) is 76.4 Å². The fourth-order valence-corrected chi connectivity index (χ4v) is 2.26. The van der Waals surface area contributed by atoms with Gasteiger partial charge in [0, 0.05) is 11.5 Å². The molecule has 3 aromatic rings. The summed E-state index contributed by atoms with van der Waals surface area (Å²) in [6.45, 7) is 1.24. The summed E-state index contributed by atoms with van der Waals surface area (Å²) in [4.78, 5) is 23.8. The molecule has 6 nitrogen and oxygen atoms in total. The summed E-state index contributed by atoms with van der Waals surface area (Å²) >= 11 is 0. The summed E-state index contributed by atoms with van der Waals surface area (Å²) in [6.07, 6.45) is 0. The van der Waals surface area contributed by atoms with Gasteiger partial charge in [0.15, 0.2) is 6.61 Å². The number of carbonyl (C=O) groups is 1. The van der Waals surface area contributed by atoms with Gasteiger partial charge in [0.2, 0.25) is 0 Å². The average molecular weight is 354 g/mol. The molecule has 1 N–H and O–H groups in total. The number of hydrogen-bond acceptors (Lipinski definition) is 5. The lowest BCUT2D eigenvalue weighted by atomic mass is 10.1. The molecule has 0 aliphatic carbocycles. The van der Waals surface area contributed by atoms with Gasteiger partial charge in [-0.25, -0.2) is 14.6 Å². The summed E-state index contributed by atoms with van der Waals surface area (Å²) in [5.41, 5.74) is 2.76. The first-order valence-corrected chi connectivity index (χ1v) is 7.78. The zero-order chi connectivity index (χ0) is 18.5. The summed E-state index contributed by atoms with van der Waals surface area (Å²) < 4.78 is 23.4. The van der Waals surface area contributed by atoms with Gasteiger partial charge in [-0.05, 0) is 31.2 Å². The largest absolute Gasteiger partial charge is 0.484 e. The van der Waals surface area contributed by atoms with Gasteiger partial charge in [-0.15, -0.1) is 0 Å². The average Bonchev–Trinajstić information content (AvgIpc) is 2.64. The van der Waals surface area contributed by atoms with Crippen LogP contribution in [0.25, 0.3) is 11.0 Å². The second-order valence-corrected chi connectivity index (χ2v) is 5.46. The molecule has 0 saturated heterocycles. The van der Waals surface area contributed by atoms with Crippen LogP contribution in [0, 0.1) is 5.82 Å². The molecule has 0 bridgehead atoms. The van der Waals surface area contributed by atoms with Crippen molar-refractivity contribution in [1.29, 1.82) is 0 Å². The summed E-state index contributed by atoms with van der Waals surface area (Å²) in [5, 5.41) is 4.64. The van der Waals surface area contributed by atoms with Crippen molar-refractivity contribution in [2.75, 3.05) is 6.61 Å². The number of nitrogens with zero attached hydrogens (tertiary/aromatic N) is 1. The Hall–Kier alpha value is -3.48. The van der Waals surface area contributed by atoms with Crippen molar-refractivity contribution < 1.29 is 18.3 Å². The number of hydrogen-bond donors (Lipinski definition) is 1. The van der Waals surface area contributed by atoms with Gasteiger partial charge in [-0.3, -0.25) is 4.79 Å². The predicted molar refractivity (Wildman–Crippen MR) is 94.7 cm³/mol. The molecule has 1 amide bonds. The molecular formula is C19H15FN2O4.